The van der Waals surface area contributed by atoms with Gasteiger partial charge < -0.3 is 9.64 Å². The molecule has 5 heteroatoms. The Hall–Kier alpha value is -2.66. The summed E-state index contributed by atoms with van der Waals surface area (Å²) < 4.78 is 5.65. The number of nitrogens with zero attached hydrogens (tertiary/aromatic N) is 2. The topological polar surface area (TPSA) is 42.4 Å². The van der Waals surface area contributed by atoms with Gasteiger partial charge in [0.25, 0.3) is 5.91 Å². The highest BCUT2D eigenvalue weighted by atomic mass is 32.1. The zero-order chi connectivity index (χ0) is 18.2. The van der Waals surface area contributed by atoms with E-state index in [1.165, 1.54) is 4.88 Å². The number of aromatic nitrogens is 1. The van der Waals surface area contributed by atoms with Gasteiger partial charge in [0.05, 0.1) is 12.2 Å². The van der Waals surface area contributed by atoms with Crippen LogP contribution in [0, 0.1) is 0 Å². The van der Waals surface area contributed by atoms with Crippen molar-refractivity contribution in [2.24, 2.45) is 0 Å². The van der Waals surface area contributed by atoms with E-state index in [0.717, 1.165) is 12.0 Å². The summed E-state index contributed by atoms with van der Waals surface area (Å²) >= 11 is 1.72. The van der Waals surface area contributed by atoms with Crippen LogP contribution in [0.3, 0.4) is 0 Å². The Bertz CT molecular complexity index is 819. The van der Waals surface area contributed by atoms with E-state index in [4.69, 9.17) is 4.74 Å². The second kappa shape index (κ2) is 9.15. The van der Waals surface area contributed by atoms with Crippen molar-refractivity contribution in [3.63, 3.8) is 0 Å². The van der Waals surface area contributed by atoms with Gasteiger partial charge >= 0.3 is 0 Å². The van der Waals surface area contributed by atoms with Gasteiger partial charge in [-0.05, 0) is 48.6 Å². The predicted molar refractivity (Wildman–Crippen MR) is 105 cm³/mol. The van der Waals surface area contributed by atoms with Gasteiger partial charge in [0.15, 0.2) is 0 Å². The van der Waals surface area contributed by atoms with Gasteiger partial charge in [0, 0.05) is 30.4 Å². The van der Waals surface area contributed by atoms with Crippen LogP contribution >= 0.6 is 11.3 Å². The minimum Gasteiger partial charge on any atom is -0.493 e. The number of para-hydroxylation sites is 1. The van der Waals surface area contributed by atoms with Gasteiger partial charge in [-0.1, -0.05) is 24.3 Å². The largest absolute Gasteiger partial charge is 0.493 e. The molecule has 0 N–H and O–H groups in total. The number of amides is 1. The van der Waals surface area contributed by atoms with Crippen LogP contribution in [-0.2, 0) is 13.0 Å². The highest BCUT2D eigenvalue weighted by Crippen LogP contribution is 2.21. The van der Waals surface area contributed by atoms with Gasteiger partial charge in [-0.3, -0.25) is 9.78 Å². The number of thiophene rings is 1. The van der Waals surface area contributed by atoms with Gasteiger partial charge in [-0.25, -0.2) is 0 Å². The molecular weight excluding hydrogens is 344 g/mol. The third kappa shape index (κ3) is 4.70. The number of benzene rings is 1. The van der Waals surface area contributed by atoms with Gasteiger partial charge in [0.2, 0.25) is 0 Å². The fourth-order valence-electron chi connectivity index (χ4n) is 2.76. The first kappa shape index (κ1) is 18.1. The van der Waals surface area contributed by atoms with Crippen LogP contribution in [0.5, 0.6) is 5.75 Å². The quantitative estimate of drug-likeness (QED) is 0.592. The molecule has 2 aromatic heterocycles. The maximum Gasteiger partial charge on any atom is 0.257 e. The van der Waals surface area contributed by atoms with Crippen LogP contribution in [-0.4, -0.2) is 28.9 Å². The summed E-state index contributed by atoms with van der Waals surface area (Å²) in [6.07, 6.45) is 4.38. The number of carbonyl (C=O) groups excluding carboxylic acids is 1. The Morgan fingerprint density at radius 2 is 2.04 bits per heavy atom. The SMILES string of the molecule is CCOc1ccccc1C(=O)N(CCc1cccs1)Cc1cccnc1. The highest BCUT2D eigenvalue weighted by Gasteiger charge is 2.20. The summed E-state index contributed by atoms with van der Waals surface area (Å²) in [4.78, 5) is 20.5. The van der Waals surface area contributed by atoms with E-state index in [0.29, 0.717) is 31.0 Å². The Kier molecular flexibility index (Phi) is 6.39. The Balaban J connectivity index is 1.82. The molecule has 0 aliphatic heterocycles. The van der Waals surface area contributed by atoms with E-state index < -0.39 is 0 Å². The number of ether oxygens (including phenoxy) is 1. The first-order chi connectivity index (χ1) is 12.8. The maximum absolute atomic E-state index is 13.2. The minimum atomic E-state index is -0.0190. The molecule has 0 fully saturated rings. The lowest BCUT2D eigenvalue weighted by Crippen LogP contribution is -2.32. The van der Waals surface area contributed by atoms with Crippen molar-refractivity contribution >= 4 is 17.2 Å². The summed E-state index contributed by atoms with van der Waals surface area (Å²) in [5, 5.41) is 2.06. The summed E-state index contributed by atoms with van der Waals surface area (Å²) in [5.41, 5.74) is 1.62. The van der Waals surface area contributed by atoms with Crippen LogP contribution in [0.4, 0.5) is 0 Å². The number of pyridine rings is 1. The molecule has 0 bridgehead atoms. The maximum atomic E-state index is 13.2. The van der Waals surface area contributed by atoms with E-state index in [2.05, 4.69) is 16.4 Å². The van der Waals surface area contributed by atoms with Crippen molar-refractivity contribution < 1.29 is 9.53 Å². The van der Waals surface area contributed by atoms with E-state index in [-0.39, 0.29) is 5.91 Å². The molecule has 0 aliphatic carbocycles. The Morgan fingerprint density at radius 3 is 2.77 bits per heavy atom. The van der Waals surface area contributed by atoms with Crippen molar-refractivity contribution in [1.29, 1.82) is 0 Å². The van der Waals surface area contributed by atoms with Crippen molar-refractivity contribution in [1.82, 2.24) is 9.88 Å². The van der Waals surface area contributed by atoms with Crippen molar-refractivity contribution in [2.75, 3.05) is 13.2 Å². The third-order valence-electron chi connectivity index (χ3n) is 4.01. The lowest BCUT2D eigenvalue weighted by molar-refractivity contribution is 0.0741. The Labute approximate surface area is 158 Å². The van der Waals surface area contributed by atoms with Crippen LogP contribution in [0.2, 0.25) is 0 Å². The summed E-state index contributed by atoms with van der Waals surface area (Å²) in [7, 11) is 0. The zero-order valence-corrected chi connectivity index (χ0v) is 15.6. The van der Waals surface area contributed by atoms with Crippen LogP contribution < -0.4 is 4.74 Å². The molecule has 3 aromatic rings. The summed E-state index contributed by atoms with van der Waals surface area (Å²) in [6.45, 7) is 3.63. The molecule has 0 unspecified atom stereocenters. The fraction of sp³-hybridized carbons (Fsp3) is 0.238. The fourth-order valence-corrected chi connectivity index (χ4v) is 3.46. The van der Waals surface area contributed by atoms with Crippen LogP contribution in [0.1, 0.15) is 27.7 Å². The molecular formula is C21H22N2O2S. The summed E-state index contributed by atoms with van der Waals surface area (Å²) in [6, 6.07) is 15.5. The van der Waals surface area contributed by atoms with E-state index >= 15 is 0 Å². The second-order valence-corrected chi connectivity index (χ2v) is 6.88. The average Bonchev–Trinajstić information content (AvgIpc) is 3.20. The molecule has 0 saturated heterocycles. The molecule has 0 radical (unpaired) electrons. The lowest BCUT2D eigenvalue weighted by atomic mass is 10.1. The first-order valence-corrected chi connectivity index (χ1v) is 9.58. The van der Waals surface area contributed by atoms with Crippen molar-refractivity contribution in [3.8, 4) is 5.75 Å². The van der Waals surface area contributed by atoms with Crippen LogP contribution in [0.15, 0.2) is 66.3 Å². The predicted octanol–water partition coefficient (Wildman–Crippen LogP) is 4.43. The van der Waals surface area contributed by atoms with Crippen molar-refractivity contribution in [3.05, 3.63) is 82.3 Å². The monoisotopic (exact) mass is 366 g/mol. The molecule has 4 nitrogen and oxygen atoms in total. The number of rotatable bonds is 8. The second-order valence-electron chi connectivity index (χ2n) is 5.85. The van der Waals surface area contributed by atoms with Crippen molar-refractivity contribution in [2.45, 2.75) is 19.9 Å². The molecule has 0 saturated carbocycles. The molecule has 1 aromatic carbocycles. The average molecular weight is 366 g/mol. The smallest absolute Gasteiger partial charge is 0.257 e. The van der Waals surface area contributed by atoms with Gasteiger partial charge in [0.1, 0.15) is 5.75 Å². The molecule has 2 heterocycles. The number of hydrogen-bond acceptors (Lipinski definition) is 4. The molecule has 26 heavy (non-hydrogen) atoms. The number of hydrogen-bond donors (Lipinski definition) is 0. The third-order valence-corrected chi connectivity index (χ3v) is 4.95. The molecule has 0 aliphatic rings. The normalized spacial score (nSPS) is 10.5. The standard InChI is InChI=1S/C21H22N2O2S/c1-2-25-20-10-4-3-9-19(20)21(24)23(13-11-18-8-6-14-26-18)16-17-7-5-12-22-15-17/h3-10,12,14-15H,2,11,13,16H2,1H3. The minimum absolute atomic E-state index is 0.0190. The molecule has 0 atom stereocenters. The van der Waals surface area contributed by atoms with Gasteiger partial charge in [-0.15, -0.1) is 11.3 Å². The van der Waals surface area contributed by atoms with Gasteiger partial charge in [-0.2, -0.15) is 0 Å². The number of carbonyl (C=O) groups is 1. The first-order valence-electron chi connectivity index (χ1n) is 8.70. The van der Waals surface area contributed by atoms with E-state index in [1.807, 2.05) is 54.3 Å². The lowest BCUT2D eigenvalue weighted by Gasteiger charge is -2.23. The molecule has 134 valence electrons. The van der Waals surface area contributed by atoms with Crippen LogP contribution in [0.25, 0.3) is 0 Å². The highest BCUT2D eigenvalue weighted by molar-refractivity contribution is 7.09. The Morgan fingerprint density at radius 1 is 1.15 bits per heavy atom. The summed E-state index contributed by atoms with van der Waals surface area (Å²) in [5.74, 6) is 0.613. The van der Waals surface area contributed by atoms with E-state index in [1.54, 1.807) is 23.7 Å². The molecule has 0 spiro atoms. The zero-order valence-electron chi connectivity index (χ0n) is 14.8. The molecule has 1 amide bonds. The van der Waals surface area contributed by atoms with E-state index in [9.17, 15) is 4.79 Å². The molecule has 3 rings (SSSR count).